The van der Waals surface area contributed by atoms with Crippen LogP contribution in [0, 0.1) is 0 Å². The topological polar surface area (TPSA) is 97.9 Å². The van der Waals surface area contributed by atoms with Crippen molar-refractivity contribution in [3.8, 4) is 0 Å². The van der Waals surface area contributed by atoms with Gasteiger partial charge in [-0.1, -0.05) is 6.07 Å². The highest BCUT2D eigenvalue weighted by atomic mass is 16.2. The summed E-state index contributed by atoms with van der Waals surface area (Å²) in [6, 6.07) is 6.65. The highest BCUT2D eigenvalue weighted by molar-refractivity contribution is 6.06. The van der Waals surface area contributed by atoms with Crippen molar-refractivity contribution in [2.24, 2.45) is 0 Å². The largest absolute Gasteiger partial charge is 0.345 e. The van der Waals surface area contributed by atoms with Gasteiger partial charge in [0, 0.05) is 44.4 Å². The fourth-order valence-corrected chi connectivity index (χ4v) is 3.40. The summed E-state index contributed by atoms with van der Waals surface area (Å²) in [7, 11) is 3.35. The molecule has 1 N–H and O–H groups in total. The number of nitrogens with one attached hydrogen (secondary N) is 1. The quantitative estimate of drug-likeness (QED) is 0.713. The van der Waals surface area contributed by atoms with Gasteiger partial charge in [-0.3, -0.25) is 14.3 Å². The fraction of sp³-hybridized carbons (Fsp3) is 0.350. The van der Waals surface area contributed by atoms with Gasteiger partial charge in [0.25, 0.3) is 11.8 Å². The van der Waals surface area contributed by atoms with Crippen LogP contribution in [-0.2, 0) is 19.5 Å². The molecular weight excluding hydrogens is 370 g/mol. The molecule has 9 heteroatoms. The number of anilines is 1. The van der Waals surface area contributed by atoms with E-state index in [2.05, 4.69) is 25.2 Å². The number of amides is 2. The Morgan fingerprint density at radius 2 is 2.00 bits per heavy atom. The minimum absolute atomic E-state index is 0.149. The zero-order valence-corrected chi connectivity index (χ0v) is 16.5. The second kappa shape index (κ2) is 7.86. The Morgan fingerprint density at radius 3 is 2.83 bits per heavy atom. The second-order valence-electron chi connectivity index (χ2n) is 7.30. The number of fused-ring (bicyclic) bond motifs is 1. The first-order valence-corrected chi connectivity index (χ1v) is 9.58. The number of hydrogen-bond acceptors (Lipinski definition) is 5. The summed E-state index contributed by atoms with van der Waals surface area (Å²) in [6.45, 7) is 1.43. The lowest BCUT2D eigenvalue weighted by atomic mass is 10.1. The Morgan fingerprint density at radius 1 is 1.17 bits per heavy atom. The van der Waals surface area contributed by atoms with Gasteiger partial charge in [-0.05, 0) is 31.0 Å². The summed E-state index contributed by atoms with van der Waals surface area (Å²) in [4.78, 5) is 26.2. The molecule has 0 bridgehead atoms. The van der Waals surface area contributed by atoms with Crippen molar-refractivity contribution >= 4 is 17.5 Å². The molecule has 3 aromatic rings. The van der Waals surface area contributed by atoms with Gasteiger partial charge in [0.2, 0.25) is 0 Å². The average Bonchev–Trinajstić information content (AvgIpc) is 3.35. The molecule has 1 aliphatic heterocycles. The molecule has 9 nitrogen and oxygen atoms in total. The van der Waals surface area contributed by atoms with E-state index in [-0.39, 0.29) is 11.8 Å². The monoisotopic (exact) mass is 393 g/mol. The van der Waals surface area contributed by atoms with Crippen LogP contribution in [0.15, 0.2) is 36.7 Å². The van der Waals surface area contributed by atoms with E-state index in [1.165, 1.54) is 4.90 Å². The fourth-order valence-electron chi connectivity index (χ4n) is 3.40. The van der Waals surface area contributed by atoms with Crippen molar-refractivity contribution < 1.29 is 9.59 Å². The van der Waals surface area contributed by atoms with Crippen LogP contribution in [0.2, 0.25) is 0 Å². The molecule has 0 radical (unpaired) electrons. The van der Waals surface area contributed by atoms with Crippen molar-refractivity contribution in [2.45, 2.75) is 32.4 Å². The molecule has 0 aliphatic carbocycles. The van der Waals surface area contributed by atoms with Gasteiger partial charge in [0.15, 0.2) is 5.82 Å². The molecular formula is C20H23N7O2. The van der Waals surface area contributed by atoms with Crippen LogP contribution in [0.4, 0.5) is 5.69 Å². The summed E-state index contributed by atoms with van der Waals surface area (Å²) in [6.07, 6.45) is 6.60. The Kier molecular flexibility index (Phi) is 5.11. The lowest BCUT2D eigenvalue weighted by molar-refractivity contribution is 0.0827. The molecule has 2 aromatic heterocycles. The van der Waals surface area contributed by atoms with Crippen molar-refractivity contribution in [1.29, 1.82) is 0 Å². The first-order chi connectivity index (χ1) is 14.0. The normalized spacial score (nSPS) is 13.0. The van der Waals surface area contributed by atoms with E-state index in [0.717, 1.165) is 37.5 Å². The van der Waals surface area contributed by atoms with Gasteiger partial charge in [-0.2, -0.15) is 5.10 Å². The molecule has 0 spiro atoms. The zero-order valence-electron chi connectivity index (χ0n) is 16.5. The minimum atomic E-state index is -0.294. The maximum Gasteiger partial charge on any atom is 0.255 e. The third kappa shape index (κ3) is 4.03. The molecule has 0 saturated heterocycles. The molecule has 0 unspecified atom stereocenters. The van der Waals surface area contributed by atoms with Gasteiger partial charge < -0.3 is 14.8 Å². The predicted octanol–water partition coefficient (Wildman–Crippen LogP) is 1.81. The number of carbonyl (C=O) groups is 2. The van der Waals surface area contributed by atoms with Crippen molar-refractivity contribution in [1.82, 2.24) is 29.4 Å². The minimum Gasteiger partial charge on any atom is -0.345 e. The van der Waals surface area contributed by atoms with E-state index in [0.29, 0.717) is 23.4 Å². The lowest BCUT2D eigenvalue weighted by Crippen LogP contribution is -2.22. The molecule has 29 heavy (non-hydrogen) atoms. The Bertz CT molecular complexity index is 1050. The summed E-state index contributed by atoms with van der Waals surface area (Å²) in [5, 5.41) is 15.7. The van der Waals surface area contributed by atoms with Crippen LogP contribution in [-0.4, -0.2) is 55.4 Å². The average molecular weight is 393 g/mol. The molecule has 4 rings (SSSR count). The van der Waals surface area contributed by atoms with Gasteiger partial charge in [0.1, 0.15) is 12.4 Å². The standard InChI is InChI=1S/C20H23N7O2/c1-25(2)20(29)15-7-5-6-14(10-15)19(28)22-16-11-21-26(12-16)13-18-24-23-17-8-3-4-9-27(17)18/h5-7,10-12H,3-4,8-9,13H2,1-2H3,(H,22,28). The molecule has 0 atom stereocenters. The maximum absolute atomic E-state index is 12.6. The van der Waals surface area contributed by atoms with Crippen LogP contribution in [0.3, 0.4) is 0 Å². The third-order valence-electron chi connectivity index (χ3n) is 4.91. The van der Waals surface area contributed by atoms with Crippen molar-refractivity contribution in [3.05, 3.63) is 59.4 Å². The van der Waals surface area contributed by atoms with E-state index < -0.39 is 0 Å². The van der Waals surface area contributed by atoms with Crippen molar-refractivity contribution in [2.75, 3.05) is 19.4 Å². The molecule has 150 valence electrons. The van der Waals surface area contributed by atoms with E-state index in [1.807, 2.05) is 0 Å². The highest BCUT2D eigenvalue weighted by Gasteiger charge is 2.17. The smallest absolute Gasteiger partial charge is 0.255 e. The van der Waals surface area contributed by atoms with E-state index in [9.17, 15) is 9.59 Å². The molecule has 2 amide bonds. The summed E-state index contributed by atoms with van der Waals surface area (Å²) in [5.74, 6) is 1.46. The first-order valence-electron chi connectivity index (χ1n) is 9.58. The van der Waals surface area contributed by atoms with Crippen LogP contribution in [0.1, 0.15) is 45.2 Å². The molecule has 1 aromatic carbocycles. The number of rotatable bonds is 5. The summed E-state index contributed by atoms with van der Waals surface area (Å²) < 4.78 is 3.88. The molecule has 0 saturated carbocycles. The van der Waals surface area contributed by atoms with E-state index in [1.54, 1.807) is 55.4 Å². The number of hydrogen-bond donors (Lipinski definition) is 1. The Hall–Kier alpha value is -3.49. The third-order valence-corrected chi connectivity index (χ3v) is 4.91. The SMILES string of the molecule is CN(C)C(=O)c1cccc(C(=O)Nc2cnn(Cc3nnc4n3CCCC4)c2)c1. The van der Waals surface area contributed by atoms with Crippen LogP contribution < -0.4 is 5.32 Å². The van der Waals surface area contributed by atoms with Gasteiger partial charge in [-0.15, -0.1) is 10.2 Å². The highest BCUT2D eigenvalue weighted by Crippen LogP contribution is 2.16. The van der Waals surface area contributed by atoms with Gasteiger partial charge in [0.05, 0.1) is 11.9 Å². The van der Waals surface area contributed by atoms with E-state index in [4.69, 9.17) is 0 Å². The zero-order chi connectivity index (χ0) is 20.4. The van der Waals surface area contributed by atoms with Gasteiger partial charge in [-0.25, -0.2) is 0 Å². The number of aryl methyl sites for hydroxylation is 1. The number of nitrogens with zero attached hydrogens (tertiary/aromatic N) is 6. The number of benzene rings is 1. The summed E-state index contributed by atoms with van der Waals surface area (Å²) in [5.41, 5.74) is 1.46. The predicted molar refractivity (Wildman–Crippen MR) is 107 cm³/mol. The van der Waals surface area contributed by atoms with Crippen LogP contribution >= 0.6 is 0 Å². The molecule has 1 aliphatic rings. The first kappa shape index (κ1) is 18.9. The van der Waals surface area contributed by atoms with Crippen molar-refractivity contribution in [3.63, 3.8) is 0 Å². The Balaban J connectivity index is 1.44. The molecule has 0 fully saturated rings. The maximum atomic E-state index is 12.6. The van der Waals surface area contributed by atoms with E-state index >= 15 is 0 Å². The Labute approximate surface area is 168 Å². The van der Waals surface area contributed by atoms with Crippen LogP contribution in [0.25, 0.3) is 0 Å². The van der Waals surface area contributed by atoms with Crippen LogP contribution in [0.5, 0.6) is 0 Å². The van der Waals surface area contributed by atoms with Gasteiger partial charge >= 0.3 is 0 Å². The number of aromatic nitrogens is 5. The second-order valence-corrected chi connectivity index (χ2v) is 7.30. The lowest BCUT2D eigenvalue weighted by Gasteiger charge is -2.14. The summed E-state index contributed by atoms with van der Waals surface area (Å²) >= 11 is 0. The number of carbonyl (C=O) groups excluding carboxylic acids is 2. The molecule has 3 heterocycles.